The number of amides is 1. The van der Waals surface area contributed by atoms with Crippen molar-refractivity contribution in [3.8, 4) is 11.4 Å². The van der Waals surface area contributed by atoms with Crippen molar-refractivity contribution < 1.29 is 9.21 Å². The molecule has 1 atom stereocenters. The molecule has 1 aliphatic rings. The molecule has 1 N–H and O–H groups in total. The number of nitrogens with one attached hydrogen (secondary N) is 1. The predicted octanol–water partition coefficient (Wildman–Crippen LogP) is 4.05. The molecular weight excluding hydrogens is 416 g/mol. The summed E-state index contributed by atoms with van der Waals surface area (Å²) in [7, 11) is 1.63. The van der Waals surface area contributed by atoms with Gasteiger partial charge in [-0.25, -0.2) is 15.0 Å². The van der Waals surface area contributed by atoms with E-state index in [4.69, 9.17) is 14.4 Å². The van der Waals surface area contributed by atoms with Gasteiger partial charge in [0.15, 0.2) is 5.89 Å². The van der Waals surface area contributed by atoms with Crippen LogP contribution in [0.25, 0.3) is 22.4 Å². The zero-order valence-electron chi connectivity index (χ0n) is 19.2. The van der Waals surface area contributed by atoms with E-state index >= 15 is 0 Å². The molecule has 0 bridgehead atoms. The summed E-state index contributed by atoms with van der Waals surface area (Å²) in [5.41, 5.74) is 4.01. The molecule has 0 spiro atoms. The lowest BCUT2D eigenvalue weighted by Gasteiger charge is -2.22. The number of aromatic nitrogens is 4. The highest BCUT2D eigenvalue weighted by molar-refractivity contribution is 5.97. The molecule has 3 aromatic heterocycles. The number of hydrogen-bond donors (Lipinski definition) is 1. The summed E-state index contributed by atoms with van der Waals surface area (Å²) in [5.74, 6) is 2.36. The maximum absolute atomic E-state index is 12.2. The van der Waals surface area contributed by atoms with Crippen LogP contribution in [0.4, 0.5) is 5.82 Å². The molecule has 8 heteroatoms. The van der Waals surface area contributed by atoms with Crippen LogP contribution in [0.1, 0.15) is 48.6 Å². The number of pyridine rings is 1. The molecule has 0 aliphatic carbocycles. The average Bonchev–Trinajstić information content (AvgIpc) is 3.57. The number of rotatable bonds is 6. The van der Waals surface area contributed by atoms with E-state index in [-0.39, 0.29) is 5.91 Å². The molecule has 8 nitrogen and oxygen atoms in total. The van der Waals surface area contributed by atoms with Gasteiger partial charge in [-0.15, -0.1) is 0 Å². The van der Waals surface area contributed by atoms with Crippen LogP contribution in [-0.2, 0) is 13.0 Å². The van der Waals surface area contributed by atoms with E-state index in [0.29, 0.717) is 24.0 Å². The minimum atomic E-state index is -0.136. The van der Waals surface area contributed by atoms with E-state index in [1.807, 2.05) is 31.3 Å². The molecule has 1 amide bonds. The zero-order valence-corrected chi connectivity index (χ0v) is 19.2. The summed E-state index contributed by atoms with van der Waals surface area (Å²) in [6, 6.07) is 10.2. The third kappa shape index (κ3) is 3.97. The van der Waals surface area contributed by atoms with Crippen LogP contribution >= 0.6 is 0 Å². The van der Waals surface area contributed by atoms with Gasteiger partial charge in [-0.05, 0) is 50.1 Å². The second-order valence-corrected chi connectivity index (χ2v) is 8.48. The van der Waals surface area contributed by atoms with Gasteiger partial charge in [0.2, 0.25) is 0 Å². The van der Waals surface area contributed by atoms with Gasteiger partial charge >= 0.3 is 0 Å². The van der Waals surface area contributed by atoms with E-state index in [2.05, 4.69) is 38.8 Å². The lowest BCUT2D eigenvalue weighted by atomic mass is 10.2. The molecule has 1 saturated heterocycles. The molecule has 170 valence electrons. The van der Waals surface area contributed by atoms with Gasteiger partial charge in [-0.3, -0.25) is 4.79 Å². The third-order valence-corrected chi connectivity index (χ3v) is 6.31. The van der Waals surface area contributed by atoms with Crippen molar-refractivity contribution in [2.24, 2.45) is 0 Å². The lowest BCUT2D eigenvalue weighted by Crippen LogP contribution is -2.26. The van der Waals surface area contributed by atoms with E-state index in [1.165, 1.54) is 12.8 Å². The third-order valence-electron chi connectivity index (χ3n) is 6.31. The molecule has 0 saturated carbocycles. The summed E-state index contributed by atoms with van der Waals surface area (Å²) in [6.07, 6.45) is 6.73. The van der Waals surface area contributed by atoms with Crippen LogP contribution in [0.2, 0.25) is 0 Å². The van der Waals surface area contributed by atoms with E-state index in [1.54, 1.807) is 13.3 Å². The number of benzene rings is 1. The Balaban J connectivity index is 1.57. The average molecular weight is 445 g/mol. The molecule has 0 radical (unpaired) electrons. The minimum Gasteiger partial charge on any atom is -0.449 e. The number of imidazole rings is 1. The number of anilines is 1. The Labute approximate surface area is 192 Å². The normalized spacial score (nSPS) is 16.0. The first kappa shape index (κ1) is 21.2. The fourth-order valence-electron chi connectivity index (χ4n) is 4.50. The molecule has 5 rings (SSSR count). The lowest BCUT2D eigenvalue weighted by molar-refractivity contribution is 0.0963. The Morgan fingerprint density at radius 3 is 2.79 bits per heavy atom. The smallest absolute Gasteiger partial charge is 0.251 e. The summed E-state index contributed by atoms with van der Waals surface area (Å²) >= 11 is 0. The maximum Gasteiger partial charge on any atom is 0.251 e. The summed E-state index contributed by atoms with van der Waals surface area (Å²) in [4.78, 5) is 28.7. The van der Waals surface area contributed by atoms with E-state index < -0.39 is 0 Å². The van der Waals surface area contributed by atoms with Crippen molar-refractivity contribution in [2.45, 2.75) is 45.7 Å². The quantitative estimate of drug-likeness (QED) is 0.483. The minimum absolute atomic E-state index is 0.136. The fourth-order valence-corrected chi connectivity index (χ4v) is 4.50. The topological polar surface area (TPSA) is 89.1 Å². The standard InChI is InChI=1S/C25H28N6O2/c1-4-23-28-19(15-33-23)14-31-21-9-7-17(25(32)26-3)12-20(21)29-24(31)18-8-10-22(27-13-18)30-11-5-6-16(30)2/h7-10,12-13,15-16H,4-6,11,14H2,1-3H3,(H,26,32). The van der Waals surface area contributed by atoms with Crippen LogP contribution < -0.4 is 10.2 Å². The SMILES string of the molecule is CCc1nc(Cn2c(-c3ccc(N4CCCC4C)nc3)nc3cc(C(=O)NC)ccc32)co1. The van der Waals surface area contributed by atoms with Crippen molar-refractivity contribution in [1.82, 2.24) is 24.8 Å². The Morgan fingerprint density at radius 2 is 2.12 bits per heavy atom. The van der Waals surface area contributed by atoms with Crippen LogP contribution in [0.5, 0.6) is 0 Å². The highest BCUT2D eigenvalue weighted by Crippen LogP contribution is 2.29. The monoisotopic (exact) mass is 444 g/mol. The second kappa shape index (κ2) is 8.69. The fraction of sp³-hybridized carbons (Fsp3) is 0.360. The van der Waals surface area contributed by atoms with Gasteiger partial charge in [0, 0.05) is 43.4 Å². The molecule has 1 aromatic carbocycles. The van der Waals surface area contributed by atoms with Gasteiger partial charge in [0.05, 0.1) is 23.3 Å². The number of carbonyl (C=O) groups is 1. The number of oxazole rings is 1. The summed E-state index contributed by atoms with van der Waals surface area (Å²) in [6.45, 7) is 5.82. The van der Waals surface area contributed by atoms with Crippen molar-refractivity contribution in [3.63, 3.8) is 0 Å². The number of carbonyl (C=O) groups excluding carboxylic acids is 1. The van der Waals surface area contributed by atoms with Crippen LogP contribution in [-0.4, -0.2) is 45.1 Å². The highest BCUT2D eigenvalue weighted by Gasteiger charge is 2.22. The molecular formula is C25H28N6O2. The largest absolute Gasteiger partial charge is 0.449 e. The van der Waals surface area contributed by atoms with Crippen molar-refractivity contribution in [1.29, 1.82) is 0 Å². The zero-order chi connectivity index (χ0) is 22.9. The van der Waals surface area contributed by atoms with Crippen molar-refractivity contribution in [3.05, 3.63) is 59.9 Å². The molecule has 33 heavy (non-hydrogen) atoms. The first-order valence-electron chi connectivity index (χ1n) is 11.5. The molecule has 1 aliphatic heterocycles. The maximum atomic E-state index is 12.2. The Bertz CT molecular complexity index is 1290. The first-order valence-corrected chi connectivity index (χ1v) is 11.5. The highest BCUT2D eigenvalue weighted by atomic mass is 16.3. The number of nitrogens with zero attached hydrogens (tertiary/aromatic N) is 5. The molecule has 1 unspecified atom stereocenters. The molecule has 4 heterocycles. The van der Waals surface area contributed by atoms with Gasteiger partial charge < -0.3 is 19.2 Å². The van der Waals surface area contributed by atoms with Crippen LogP contribution in [0, 0.1) is 0 Å². The summed E-state index contributed by atoms with van der Waals surface area (Å²) < 4.78 is 7.66. The number of fused-ring (bicyclic) bond motifs is 1. The second-order valence-electron chi connectivity index (χ2n) is 8.48. The molecule has 1 fully saturated rings. The number of aryl methyl sites for hydroxylation is 1. The van der Waals surface area contributed by atoms with Gasteiger partial charge in [0.1, 0.15) is 17.9 Å². The van der Waals surface area contributed by atoms with Crippen molar-refractivity contribution >= 4 is 22.8 Å². The van der Waals surface area contributed by atoms with E-state index in [0.717, 1.165) is 46.9 Å². The van der Waals surface area contributed by atoms with E-state index in [9.17, 15) is 4.79 Å². The van der Waals surface area contributed by atoms with Crippen LogP contribution in [0.15, 0.2) is 47.2 Å². The molecule has 4 aromatic rings. The van der Waals surface area contributed by atoms with Gasteiger partial charge in [0.25, 0.3) is 5.91 Å². The Kier molecular flexibility index (Phi) is 5.58. The van der Waals surface area contributed by atoms with Crippen LogP contribution in [0.3, 0.4) is 0 Å². The summed E-state index contributed by atoms with van der Waals surface area (Å²) in [5, 5.41) is 2.67. The van der Waals surface area contributed by atoms with Gasteiger partial charge in [-0.1, -0.05) is 6.92 Å². The Morgan fingerprint density at radius 1 is 1.24 bits per heavy atom. The van der Waals surface area contributed by atoms with Gasteiger partial charge in [-0.2, -0.15) is 0 Å². The van der Waals surface area contributed by atoms with Crippen molar-refractivity contribution in [2.75, 3.05) is 18.5 Å². The predicted molar refractivity (Wildman–Crippen MR) is 127 cm³/mol. The first-order chi connectivity index (χ1) is 16.1. The number of hydrogen-bond acceptors (Lipinski definition) is 6. The Hall–Kier alpha value is -3.68.